The maximum absolute atomic E-state index is 9.43. The molecule has 0 fully saturated rings. The first-order valence-corrected chi connectivity index (χ1v) is 8.60. The van der Waals surface area contributed by atoms with Crippen LogP contribution in [0.25, 0.3) is 0 Å². The summed E-state index contributed by atoms with van der Waals surface area (Å²) in [7, 11) is 0. The molecular formula is C18H21NOS. The number of hydrogen-bond acceptors (Lipinski definition) is 3. The number of benzene rings is 2. The molecule has 0 saturated carbocycles. The highest BCUT2D eigenvalue weighted by atomic mass is 32.2. The standard InChI is InChI=1S/C18H21NOS/c20-12-16-7-2-1-6-15(16)11-19-18-13-21-10-9-14-5-3-4-8-17(14)18/h1-8,18-20H,9-13H2. The van der Waals surface area contributed by atoms with Crippen LogP contribution in [0, 0.1) is 0 Å². The molecule has 1 aliphatic heterocycles. The Kier molecular flexibility index (Phi) is 4.96. The van der Waals surface area contributed by atoms with Crippen molar-refractivity contribution in [2.75, 3.05) is 11.5 Å². The summed E-state index contributed by atoms with van der Waals surface area (Å²) in [6.45, 7) is 0.907. The van der Waals surface area contributed by atoms with Gasteiger partial charge in [-0.25, -0.2) is 0 Å². The van der Waals surface area contributed by atoms with Gasteiger partial charge in [-0.3, -0.25) is 0 Å². The number of fused-ring (bicyclic) bond motifs is 1. The zero-order valence-electron chi connectivity index (χ0n) is 12.1. The van der Waals surface area contributed by atoms with Crippen LogP contribution >= 0.6 is 11.8 Å². The Bertz CT molecular complexity index is 599. The second-order valence-corrected chi connectivity index (χ2v) is 6.53. The van der Waals surface area contributed by atoms with Gasteiger partial charge in [-0.1, -0.05) is 48.5 Å². The van der Waals surface area contributed by atoms with Gasteiger partial charge in [0.2, 0.25) is 0 Å². The fourth-order valence-corrected chi connectivity index (χ4v) is 3.93. The first kappa shape index (κ1) is 14.6. The lowest BCUT2D eigenvalue weighted by molar-refractivity contribution is 0.280. The Balaban J connectivity index is 1.76. The predicted octanol–water partition coefficient (Wildman–Crippen LogP) is 3.30. The molecule has 0 bridgehead atoms. The lowest BCUT2D eigenvalue weighted by Crippen LogP contribution is -2.23. The summed E-state index contributed by atoms with van der Waals surface area (Å²) < 4.78 is 0. The van der Waals surface area contributed by atoms with Gasteiger partial charge in [0.25, 0.3) is 0 Å². The molecule has 110 valence electrons. The highest BCUT2D eigenvalue weighted by Crippen LogP contribution is 2.27. The van der Waals surface area contributed by atoms with Gasteiger partial charge in [0.15, 0.2) is 0 Å². The van der Waals surface area contributed by atoms with Crippen LogP contribution in [0.3, 0.4) is 0 Å². The Labute approximate surface area is 130 Å². The van der Waals surface area contributed by atoms with Crippen LogP contribution < -0.4 is 5.32 Å². The van der Waals surface area contributed by atoms with E-state index in [1.165, 1.54) is 22.4 Å². The molecule has 0 radical (unpaired) electrons. The highest BCUT2D eigenvalue weighted by Gasteiger charge is 2.18. The molecule has 1 heterocycles. The molecule has 3 heteroatoms. The van der Waals surface area contributed by atoms with Gasteiger partial charge in [0.05, 0.1) is 6.61 Å². The maximum Gasteiger partial charge on any atom is 0.0685 e. The largest absolute Gasteiger partial charge is 0.392 e. The fourth-order valence-electron chi connectivity index (χ4n) is 2.86. The topological polar surface area (TPSA) is 32.3 Å². The second kappa shape index (κ2) is 7.12. The molecule has 0 spiro atoms. The summed E-state index contributed by atoms with van der Waals surface area (Å²) in [6, 6.07) is 17.2. The van der Waals surface area contributed by atoms with Crippen molar-refractivity contribution >= 4 is 11.8 Å². The molecule has 2 aromatic carbocycles. The van der Waals surface area contributed by atoms with E-state index in [4.69, 9.17) is 0 Å². The van der Waals surface area contributed by atoms with E-state index in [0.717, 1.165) is 24.3 Å². The Morgan fingerprint density at radius 3 is 2.67 bits per heavy atom. The van der Waals surface area contributed by atoms with Crippen molar-refractivity contribution in [2.24, 2.45) is 0 Å². The first-order valence-electron chi connectivity index (χ1n) is 7.45. The SMILES string of the molecule is OCc1ccccc1CNC1CSCCc2ccccc21. The molecule has 0 aromatic heterocycles. The molecular weight excluding hydrogens is 278 g/mol. The van der Waals surface area contributed by atoms with Crippen LogP contribution in [-0.4, -0.2) is 16.6 Å². The molecule has 21 heavy (non-hydrogen) atoms. The third kappa shape index (κ3) is 3.49. The number of nitrogens with one attached hydrogen (secondary N) is 1. The maximum atomic E-state index is 9.43. The zero-order valence-corrected chi connectivity index (χ0v) is 12.9. The summed E-state index contributed by atoms with van der Waals surface area (Å²) in [5.41, 5.74) is 5.10. The van der Waals surface area contributed by atoms with E-state index in [9.17, 15) is 5.11 Å². The van der Waals surface area contributed by atoms with Crippen molar-refractivity contribution in [1.29, 1.82) is 0 Å². The lowest BCUT2D eigenvalue weighted by atomic mass is 9.99. The minimum absolute atomic E-state index is 0.105. The van der Waals surface area contributed by atoms with Gasteiger partial charge >= 0.3 is 0 Å². The van der Waals surface area contributed by atoms with Crippen LogP contribution in [-0.2, 0) is 19.6 Å². The molecule has 2 nitrogen and oxygen atoms in total. The van der Waals surface area contributed by atoms with Crippen molar-refractivity contribution in [3.8, 4) is 0 Å². The van der Waals surface area contributed by atoms with Gasteiger partial charge in [0, 0.05) is 18.3 Å². The molecule has 0 aliphatic carbocycles. The van der Waals surface area contributed by atoms with Crippen LogP contribution in [0.2, 0.25) is 0 Å². The summed E-state index contributed by atoms with van der Waals surface area (Å²) in [4.78, 5) is 0. The summed E-state index contributed by atoms with van der Waals surface area (Å²) in [6.07, 6.45) is 1.16. The molecule has 3 rings (SSSR count). The molecule has 2 aromatic rings. The van der Waals surface area contributed by atoms with E-state index in [1.54, 1.807) is 0 Å². The average Bonchev–Trinajstić information content (AvgIpc) is 2.75. The Morgan fingerprint density at radius 2 is 1.81 bits per heavy atom. The van der Waals surface area contributed by atoms with Crippen LogP contribution in [0.15, 0.2) is 48.5 Å². The zero-order chi connectivity index (χ0) is 14.5. The van der Waals surface area contributed by atoms with Gasteiger partial charge in [-0.15, -0.1) is 0 Å². The van der Waals surface area contributed by atoms with Crippen LogP contribution in [0.4, 0.5) is 0 Å². The average molecular weight is 299 g/mol. The van der Waals surface area contributed by atoms with Crippen molar-refractivity contribution in [1.82, 2.24) is 5.32 Å². The van der Waals surface area contributed by atoms with E-state index < -0.39 is 0 Å². The molecule has 1 unspecified atom stereocenters. The Morgan fingerprint density at radius 1 is 1.05 bits per heavy atom. The summed E-state index contributed by atoms with van der Waals surface area (Å²) >= 11 is 2.01. The third-order valence-electron chi connectivity index (χ3n) is 4.06. The molecule has 2 N–H and O–H groups in total. The monoisotopic (exact) mass is 299 g/mol. The minimum atomic E-state index is 0.105. The molecule has 1 aliphatic rings. The van der Waals surface area contributed by atoms with E-state index in [1.807, 2.05) is 30.0 Å². The number of aryl methyl sites for hydroxylation is 1. The van der Waals surface area contributed by atoms with E-state index in [-0.39, 0.29) is 6.61 Å². The second-order valence-electron chi connectivity index (χ2n) is 5.38. The quantitative estimate of drug-likeness (QED) is 0.908. The van der Waals surface area contributed by atoms with Gasteiger partial charge in [-0.2, -0.15) is 11.8 Å². The summed E-state index contributed by atoms with van der Waals surface area (Å²) in [5, 5.41) is 13.1. The van der Waals surface area contributed by atoms with Crippen molar-refractivity contribution < 1.29 is 5.11 Å². The van der Waals surface area contributed by atoms with Crippen LogP contribution in [0.1, 0.15) is 28.3 Å². The van der Waals surface area contributed by atoms with Gasteiger partial charge < -0.3 is 10.4 Å². The normalized spacial score (nSPS) is 18.0. The van der Waals surface area contributed by atoms with Crippen molar-refractivity contribution in [3.05, 3.63) is 70.8 Å². The number of aliphatic hydroxyl groups excluding tert-OH is 1. The molecule has 0 saturated heterocycles. The smallest absolute Gasteiger partial charge is 0.0685 e. The number of hydrogen-bond donors (Lipinski definition) is 2. The first-order chi connectivity index (χ1) is 10.4. The van der Waals surface area contributed by atoms with Crippen molar-refractivity contribution in [3.63, 3.8) is 0 Å². The number of rotatable bonds is 4. The van der Waals surface area contributed by atoms with E-state index in [0.29, 0.717) is 6.04 Å². The minimum Gasteiger partial charge on any atom is -0.392 e. The van der Waals surface area contributed by atoms with Gasteiger partial charge in [-0.05, 0) is 34.4 Å². The Hall–Kier alpha value is -1.29. The third-order valence-corrected chi connectivity index (χ3v) is 5.12. The van der Waals surface area contributed by atoms with Crippen LogP contribution in [0.5, 0.6) is 0 Å². The highest BCUT2D eigenvalue weighted by molar-refractivity contribution is 7.99. The van der Waals surface area contributed by atoms with E-state index >= 15 is 0 Å². The number of aliphatic hydroxyl groups is 1. The van der Waals surface area contributed by atoms with E-state index in [2.05, 4.69) is 35.6 Å². The molecule has 1 atom stereocenters. The van der Waals surface area contributed by atoms with Gasteiger partial charge in [0.1, 0.15) is 0 Å². The fraction of sp³-hybridized carbons (Fsp3) is 0.333. The summed E-state index contributed by atoms with van der Waals surface area (Å²) in [5.74, 6) is 2.31. The lowest BCUT2D eigenvalue weighted by Gasteiger charge is -2.20. The molecule has 0 amide bonds. The predicted molar refractivity (Wildman–Crippen MR) is 89.4 cm³/mol. The van der Waals surface area contributed by atoms with Crippen molar-refractivity contribution in [2.45, 2.75) is 25.6 Å². The number of thioether (sulfide) groups is 1.